The molecule has 0 spiro atoms. The van der Waals surface area contributed by atoms with E-state index >= 15 is 0 Å². The fourth-order valence-electron chi connectivity index (χ4n) is 3.14. The van der Waals surface area contributed by atoms with Crippen LogP contribution in [0.25, 0.3) is 0 Å². The summed E-state index contributed by atoms with van der Waals surface area (Å²) in [6.45, 7) is 8.42. The Morgan fingerprint density at radius 3 is 2.53 bits per heavy atom. The van der Waals surface area contributed by atoms with Crippen LogP contribution in [0.2, 0.25) is 0 Å². The number of nitrogens with one attached hydrogen (secondary N) is 1. The molecule has 8 nitrogen and oxygen atoms in total. The fraction of sp³-hybridized carbons (Fsp3) is 0.650. The van der Waals surface area contributed by atoms with Crippen molar-refractivity contribution >= 4 is 16.0 Å². The maximum atomic E-state index is 14.0. The zero-order valence-electron chi connectivity index (χ0n) is 18.2. The molecule has 0 unspecified atom stereocenters. The number of rotatable bonds is 9. The highest BCUT2D eigenvalue weighted by Crippen LogP contribution is 2.18. The van der Waals surface area contributed by atoms with Crippen LogP contribution in [0.5, 0.6) is 5.75 Å². The summed E-state index contributed by atoms with van der Waals surface area (Å²) >= 11 is 0. The molecular formula is C20H33FN4O4S. The summed E-state index contributed by atoms with van der Waals surface area (Å²) < 4.78 is 51.0. The molecule has 0 bridgehead atoms. The molecule has 1 aliphatic rings. The molecule has 1 saturated heterocycles. The standard InChI is InChI=1S/C20H33FN4O4S/c1-5-28-19-7-6-17(14-18(19)21)15-23-20(22-4)24-8-10-25(11-9-24)30(26,27)13-12-29-16(2)3/h6-7,14,16H,5,8-13,15H2,1-4H3,(H,22,23). The molecule has 0 aliphatic carbocycles. The minimum Gasteiger partial charge on any atom is -0.491 e. The molecule has 1 aliphatic heterocycles. The number of sulfonamides is 1. The van der Waals surface area contributed by atoms with Gasteiger partial charge in [-0.1, -0.05) is 6.07 Å². The predicted molar refractivity (Wildman–Crippen MR) is 116 cm³/mol. The van der Waals surface area contributed by atoms with Crippen LogP contribution in [-0.2, 0) is 21.3 Å². The molecule has 1 aromatic carbocycles. The second-order valence-corrected chi connectivity index (χ2v) is 9.31. The summed E-state index contributed by atoms with van der Waals surface area (Å²) in [6.07, 6.45) is 0.00953. The van der Waals surface area contributed by atoms with Gasteiger partial charge >= 0.3 is 0 Å². The molecule has 0 radical (unpaired) electrons. The van der Waals surface area contributed by atoms with E-state index in [2.05, 4.69) is 10.3 Å². The van der Waals surface area contributed by atoms with E-state index in [-0.39, 0.29) is 24.2 Å². The Morgan fingerprint density at radius 1 is 1.27 bits per heavy atom. The van der Waals surface area contributed by atoms with Gasteiger partial charge in [-0.15, -0.1) is 0 Å². The van der Waals surface area contributed by atoms with Crippen molar-refractivity contribution in [3.8, 4) is 5.75 Å². The second-order valence-electron chi connectivity index (χ2n) is 7.22. The van der Waals surface area contributed by atoms with Crippen molar-refractivity contribution in [1.29, 1.82) is 0 Å². The first-order valence-electron chi connectivity index (χ1n) is 10.2. The molecule has 170 valence electrons. The van der Waals surface area contributed by atoms with Gasteiger partial charge in [0, 0.05) is 39.8 Å². The van der Waals surface area contributed by atoms with Crippen LogP contribution in [-0.4, -0.2) is 81.9 Å². The van der Waals surface area contributed by atoms with Gasteiger partial charge in [-0.05, 0) is 38.5 Å². The fourth-order valence-corrected chi connectivity index (χ4v) is 4.42. The number of piperazine rings is 1. The molecule has 0 amide bonds. The van der Waals surface area contributed by atoms with Gasteiger partial charge in [-0.2, -0.15) is 4.31 Å². The zero-order chi connectivity index (χ0) is 22.1. The van der Waals surface area contributed by atoms with E-state index in [1.165, 1.54) is 10.4 Å². The lowest BCUT2D eigenvalue weighted by molar-refractivity contribution is 0.0904. The van der Waals surface area contributed by atoms with Crippen LogP contribution < -0.4 is 10.1 Å². The van der Waals surface area contributed by atoms with Crippen LogP contribution in [0, 0.1) is 5.82 Å². The maximum absolute atomic E-state index is 14.0. The third-order valence-corrected chi connectivity index (χ3v) is 6.52. The van der Waals surface area contributed by atoms with E-state index in [0.29, 0.717) is 45.3 Å². The quantitative estimate of drug-likeness (QED) is 0.461. The summed E-state index contributed by atoms with van der Waals surface area (Å²) in [4.78, 5) is 6.28. The number of hydrogen-bond acceptors (Lipinski definition) is 5. The molecule has 1 aromatic rings. The first-order chi connectivity index (χ1) is 14.3. The highest BCUT2D eigenvalue weighted by molar-refractivity contribution is 7.89. The summed E-state index contributed by atoms with van der Waals surface area (Å²) in [5, 5.41) is 3.21. The molecule has 0 atom stereocenters. The lowest BCUT2D eigenvalue weighted by atomic mass is 10.2. The SMILES string of the molecule is CCOc1ccc(CNC(=NC)N2CCN(S(=O)(=O)CCOC(C)C)CC2)cc1F. The first kappa shape index (κ1) is 24.4. The normalized spacial score (nSPS) is 16.2. The van der Waals surface area contributed by atoms with Crippen LogP contribution in [0.3, 0.4) is 0 Å². The number of halogens is 1. The molecule has 30 heavy (non-hydrogen) atoms. The number of nitrogens with zero attached hydrogens (tertiary/aromatic N) is 3. The van der Waals surface area contributed by atoms with Crippen molar-refractivity contribution < 1.29 is 22.3 Å². The Bertz CT molecular complexity index is 809. The van der Waals surface area contributed by atoms with Crippen molar-refractivity contribution in [2.24, 2.45) is 4.99 Å². The minimum atomic E-state index is -3.34. The van der Waals surface area contributed by atoms with Crippen molar-refractivity contribution in [2.45, 2.75) is 33.4 Å². The lowest BCUT2D eigenvalue weighted by Crippen LogP contribution is -2.54. The van der Waals surface area contributed by atoms with Gasteiger partial charge in [0.05, 0.1) is 25.1 Å². The molecule has 1 heterocycles. The van der Waals surface area contributed by atoms with E-state index in [4.69, 9.17) is 9.47 Å². The smallest absolute Gasteiger partial charge is 0.216 e. The largest absolute Gasteiger partial charge is 0.491 e. The van der Waals surface area contributed by atoms with E-state index in [0.717, 1.165) is 5.56 Å². The Labute approximate surface area is 179 Å². The van der Waals surface area contributed by atoms with Gasteiger partial charge in [-0.3, -0.25) is 4.99 Å². The molecular weight excluding hydrogens is 411 g/mol. The Kier molecular flexibility index (Phi) is 9.32. The second kappa shape index (κ2) is 11.5. The monoisotopic (exact) mass is 444 g/mol. The Hall–Kier alpha value is -1.91. The molecule has 10 heteroatoms. The van der Waals surface area contributed by atoms with Crippen LogP contribution >= 0.6 is 0 Å². The summed E-state index contributed by atoms with van der Waals surface area (Å²) in [7, 11) is -1.66. The third-order valence-electron chi connectivity index (χ3n) is 4.68. The van der Waals surface area contributed by atoms with Crippen molar-refractivity contribution in [2.75, 3.05) is 52.2 Å². The molecule has 1 N–H and O–H groups in total. The predicted octanol–water partition coefficient (Wildman–Crippen LogP) is 1.67. The number of benzene rings is 1. The maximum Gasteiger partial charge on any atom is 0.216 e. The zero-order valence-corrected chi connectivity index (χ0v) is 19.0. The lowest BCUT2D eigenvalue weighted by Gasteiger charge is -2.35. The highest BCUT2D eigenvalue weighted by Gasteiger charge is 2.28. The van der Waals surface area contributed by atoms with Gasteiger partial charge < -0.3 is 19.7 Å². The number of hydrogen-bond donors (Lipinski definition) is 1. The number of ether oxygens (including phenoxy) is 2. The van der Waals surface area contributed by atoms with E-state index in [9.17, 15) is 12.8 Å². The third kappa shape index (κ3) is 7.10. The van der Waals surface area contributed by atoms with Crippen LogP contribution in [0.1, 0.15) is 26.3 Å². The molecule has 2 rings (SSSR count). The van der Waals surface area contributed by atoms with Gasteiger partial charge in [0.25, 0.3) is 0 Å². The van der Waals surface area contributed by atoms with Gasteiger partial charge in [-0.25, -0.2) is 12.8 Å². The Morgan fingerprint density at radius 2 is 1.97 bits per heavy atom. The van der Waals surface area contributed by atoms with Crippen molar-refractivity contribution in [3.05, 3.63) is 29.6 Å². The van der Waals surface area contributed by atoms with Crippen LogP contribution in [0.4, 0.5) is 4.39 Å². The van der Waals surface area contributed by atoms with Crippen molar-refractivity contribution in [3.63, 3.8) is 0 Å². The minimum absolute atomic E-state index is 0.00953. The summed E-state index contributed by atoms with van der Waals surface area (Å²) in [6, 6.07) is 4.86. The number of aliphatic imine (C=N–C) groups is 1. The average Bonchev–Trinajstić information content (AvgIpc) is 2.70. The topological polar surface area (TPSA) is 83.5 Å². The Balaban J connectivity index is 1.86. The molecule has 0 saturated carbocycles. The van der Waals surface area contributed by atoms with Crippen molar-refractivity contribution in [1.82, 2.24) is 14.5 Å². The van der Waals surface area contributed by atoms with E-state index in [1.807, 2.05) is 25.7 Å². The van der Waals surface area contributed by atoms with Gasteiger partial charge in [0.2, 0.25) is 10.0 Å². The van der Waals surface area contributed by atoms with Gasteiger partial charge in [0.15, 0.2) is 17.5 Å². The number of guanidine groups is 1. The molecule has 1 fully saturated rings. The van der Waals surface area contributed by atoms with E-state index in [1.54, 1.807) is 19.2 Å². The van der Waals surface area contributed by atoms with E-state index < -0.39 is 15.8 Å². The van der Waals surface area contributed by atoms with Crippen LogP contribution in [0.15, 0.2) is 23.2 Å². The average molecular weight is 445 g/mol. The summed E-state index contributed by atoms with van der Waals surface area (Å²) in [5.41, 5.74) is 0.767. The first-order valence-corrected chi connectivity index (χ1v) is 11.8. The molecule has 0 aromatic heterocycles. The van der Waals surface area contributed by atoms with Gasteiger partial charge in [0.1, 0.15) is 0 Å². The highest BCUT2D eigenvalue weighted by atomic mass is 32.2. The summed E-state index contributed by atoms with van der Waals surface area (Å²) in [5.74, 6) is 0.485.